The fraction of sp³-hybridized carbons (Fsp3) is 0. The first-order valence-corrected chi connectivity index (χ1v) is 5.32. The lowest BCUT2D eigenvalue weighted by Gasteiger charge is -2.05. The zero-order valence-electron chi connectivity index (χ0n) is 7.57. The summed E-state index contributed by atoms with van der Waals surface area (Å²) in [7, 11) is 0. The van der Waals surface area contributed by atoms with E-state index in [9.17, 15) is 9.90 Å². The van der Waals surface area contributed by atoms with Crippen LogP contribution in [-0.4, -0.2) is 16.2 Å². The van der Waals surface area contributed by atoms with Crippen molar-refractivity contribution in [2.45, 2.75) is 0 Å². The molecular weight excluding hydrogens is 307 g/mol. The molecule has 3 nitrogen and oxygen atoms in total. The van der Waals surface area contributed by atoms with Crippen molar-refractivity contribution in [3.63, 3.8) is 0 Å². The normalized spacial score (nSPS) is 10.5. The number of rotatable bonds is 1. The standard InChI is InChI=1S/C11H7IO3/c12-9-3-1-2-6-4-7(13)5-8(10(6)9)11(14)15/h1-5,13H,(H,14,15). The molecule has 0 saturated heterocycles. The molecule has 2 rings (SSSR count). The average Bonchev–Trinajstić information content (AvgIpc) is 2.16. The van der Waals surface area contributed by atoms with E-state index in [1.807, 2.05) is 12.1 Å². The van der Waals surface area contributed by atoms with Gasteiger partial charge in [-0.3, -0.25) is 0 Å². The Balaban J connectivity index is 2.94. The Morgan fingerprint density at radius 2 is 2.00 bits per heavy atom. The molecule has 15 heavy (non-hydrogen) atoms. The summed E-state index contributed by atoms with van der Waals surface area (Å²) in [6, 6.07) is 8.28. The predicted molar refractivity (Wildman–Crippen MR) is 65.3 cm³/mol. The lowest BCUT2D eigenvalue weighted by atomic mass is 10.0. The average molecular weight is 314 g/mol. The molecule has 0 atom stereocenters. The van der Waals surface area contributed by atoms with Gasteiger partial charge in [0, 0.05) is 8.96 Å². The summed E-state index contributed by atoms with van der Waals surface area (Å²) < 4.78 is 0.863. The predicted octanol–water partition coefficient (Wildman–Crippen LogP) is 2.85. The smallest absolute Gasteiger partial charge is 0.336 e. The molecule has 2 N–H and O–H groups in total. The van der Waals surface area contributed by atoms with Crippen molar-refractivity contribution in [3.8, 4) is 5.75 Å². The first-order chi connectivity index (χ1) is 7.09. The topological polar surface area (TPSA) is 57.5 Å². The van der Waals surface area contributed by atoms with Crippen LogP contribution < -0.4 is 0 Å². The van der Waals surface area contributed by atoms with Crippen molar-refractivity contribution < 1.29 is 15.0 Å². The monoisotopic (exact) mass is 314 g/mol. The van der Waals surface area contributed by atoms with E-state index in [4.69, 9.17) is 5.11 Å². The molecule has 0 aromatic heterocycles. The van der Waals surface area contributed by atoms with Crippen LogP contribution in [0, 0.1) is 3.57 Å². The van der Waals surface area contributed by atoms with Gasteiger partial charge in [-0.2, -0.15) is 0 Å². The number of fused-ring (bicyclic) bond motifs is 1. The third kappa shape index (κ3) is 1.77. The van der Waals surface area contributed by atoms with Crippen LogP contribution >= 0.6 is 22.6 Å². The van der Waals surface area contributed by atoms with Gasteiger partial charge in [0.05, 0.1) is 5.56 Å². The summed E-state index contributed by atoms with van der Waals surface area (Å²) in [6.07, 6.45) is 0. The largest absolute Gasteiger partial charge is 0.508 e. The molecule has 0 aliphatic carbocycles. The van der Waals surface area contributed by atoms with Crippen LogP contribution in [0.25, 0.3) is 10.8 Å². The molecule has 0 heterocycles. The summed E-state index contributed by atoms with van der Waals surface area (Å²) in [6.45, 7) is 0. The minimum atomic E-state index is -1.03. The number of halogens is 1. The molecule has 0 aliphatic heterocycles. The van der Waals surface area contributed by atoms with E-state index < -0.39 is 5.97 Å². The zero-order chi connectivity index (χ0) is 11.0. The molecule has 0 saturated carbocycles. The fourth-order valence-electron chi connectivity index (χ4n) is 1.53. The first-order valence-electron chi connectivity index (χ1n) is 4.24. The lowest BCUT2D eigenvalue weighted by Crippen LogP contribution is -1.98. The van der Waals surface area contributed by atoms with Crippen LogP contribution in [0.1, 0.15) is 10.4 Å². The highest BCUT2D eigenvalue weighted by Gasteiger charge is 2.12. The fourth-order valence-corrected chi connectivity index (χ4v) is 2.34. The molecule has 0 aliphatic rings. The van der Waals surface area contributed by atoms with E-state index in [1.165, 1.54) is 6.07 Å². The van der Waals surface area contributed by atoms with Crippen molar-refractivity contribution in [2.24, 2.45) is 0 Å². The van der Waals surface area contributed by atoms with Crippen LogP contribution in [0.15, 0.2) is 30.3 Å². The third-order valence-electron chi connectivity index (χ3n) is 2.14. The Morgan fingerprint density at radius 3 is 2.67 bits per heavy atom. The Morgan fingerprint density at radius 1 is 1.27 bits per heavy atom. The number of phenols is 1. The number of carbonyl (C=O) groups is 1. The van der Waals surface area contributed by atoms with Crippen molar-refractivity contribution in [2.75, 3.05) is 0 Å². The SMILES string of the molecule is O=C(O)c1cc(O)cc2cccc(I)c12. The van der Waals surface area contributed by atoms with Crippen LogP contribution in [-0.2, 0) is 0 Å². The Hall–Kier alpha value is -1.30. The molecular formula is C11H7IO3. The molecule has 2 aromatic rings. The van der Waals surface area contributed by atoms with Gasteiger partial charge < -0.3 is 10.2 Å². The number of aromatic hydroxyl groups is 1. The van der Waals surface area contributed by atoms with Crippen molar-refractivity contribution >= 4 is 39.3 Å². The van der Waals surface area contributed by atoms with Gasteiger partial charge in [-0.25, -0.2) is 4.79 Å². The van der Waals surface area contributed by atoms with Crippen molar-refractivity contribution in [1.82, 2.24) is 0 Å². The van der Waals surface area contributed by atoms with Gasteiger partial charge in [0.2, 0.25) is 0 Å². The summed E-state index contributed by atoms with van der Waals surface area (Å²) in [5.41, 5.74) is 0.134. The molecule has 0 radical (unpaired) electrons. The van der Waals surface area contributed by atoms with E-state index in [1.54, 1.807) is 12.1 Å². The Labute approximate surface area is 99.5 Å². The molecule has 76 valence electrons. The summed E-state index contributed by atoms with van der Waals surface area (Å²) >= 11 is 2.08. The maximum Gasteiger partial charge on any atom is 0.336 e. The highest BCUT2D eigenvalue weighted by molar-refractivity contribution is 14.1. The van der Waals surface area contributed by atoms with Gasteiger partial charge >= 0.3 is 5.97 Å². The van der Waals surface area contributed by atoms with E-state index in [0.29, 0.717) is 5.39 Å². The Bertz CT molecular complexity index is 549. The molecule has 0 spiro atoms. The number of carboxylic acids is 1. The number of hydrogen-bond acceptors (Lipinski definition) is 2. The summed E-state index contributed by atoms with van der Waals surface area (Å²) in [5.74, 6) is -1.05. The first kappa shape index (κ1) is 10.2. The van der Waals surface area contributed by atoms with Crippen LogP contribution in [0.2, 0.25) is 0 Å². The molecule has 2 aromatic carbocycles. The third-order valence-corrected chi connectivity index (χ3v) is 3.04. The number of carboxylic acid groups (broad SMARTS) is 1. The maximum atomic E-state index is 11.0. The van der Waals surface area contributed by atoms with E-state index in [-0.39, 0.29) is 11.3 Å². The van der Waals surface area contributed by atoms with Crippen LogP contribution in [0.4, 0.5) is 0 Å². The lowest BCUT2D eigenvalue weighted by molar-refractivity contribution is 0.0698. The number of hydrogen-bond donors (Lipinski definition) is 2. The van der Waals surface area contributed by atoms with Crippen molar-refractivity contribution in [1.29, 1.82) is 0 Å². The summed E-state index contributed by atoms with van der Waals surface area (Å²) in [5, 5.41) is 19.8. The van der Waals surface area contributed by atoms with Crippen LogP contribution in [0.5, 0.6) is 5.75 Å². The highest BCUT2D eigenvalue weighted by atomic mass is 127. The molecule has 0 bridgehead atoms. The summed E-state index contributed by atoms with van der Waals surface area (Å²) in [4.78, 5) is 11.0. The maximum absolute atomic E-state index is 11.0. The van der Waals surface area contributed by atoms with E-state index >= 15 is 0 Å². The van der Waals surface area contributed by atoms with Crippen molar-refractivity contribution in [3.05, 3.63) is 39.5 Å². The molecule has 4 heteroatoms. The molecule has 0 unspecified atom stereocenters. The van der Waals surface area contributed by atoms with Gasteiger partial charge in [0.1, 0.15) is 5.75 Å². The minimum absolute atomic E-state index is 0.0260. The minimum Gasteiger partial charge on any atom is -0.508 e. The molecule has 0 amide bonds. The van der Waals surface area contributed by atoms with Gasteiger partial charge in [-0.15, -0.1) is 0 Å². The van der Waals surface area contributed by atoms with Gasteiger partial charge in [-0.1, -0.05) is 12.1 Å². The van der Waals surface area contributed by atoms with Gasteiger partial charge in [0.15, 0.2) is 0 Å². The quantitative estimate of drug-likeness (QED) is 0.796. The Kier molecular flexibility index (Phi) is 2.52. The number of benzene rings is 2. The van der Waals surface area contributed by atoms with Gasteiger partial charge in [-0.05, 0) is 46.2 Å². The number of phenolic OH excluding ortho intramolecular Hbond substituents is 1. The molecule has 0 fully saturated rings. The van der Waals surface area contributed by atoms with Crippen LogP contribution in [0.3, 0.4) is 0 Å². The highest BCUT2D eigenvalue weighted by Crippen LogP contribution is 2.28. The van der Waals surface area contributed by atoms with E-state index in [0.717, 1.165) is 8.96 Å². The second kappa shape index (κ2) is 3.69. The second-order valence-corrected chi connectivity index (χ2v) is 4.30. The zero-order valence-corrected chi connectivity index (χ0v) is 9.72. The van der Waals surface area contributed by atoms with Gasteiger partial charge in [0.25, 0.3) is 0 Å². The second-order valence-electron chi connectivity index (χ2n) is 3.14. The number of aromatic carboxylic acids is 1. The van der Waals surface area contributed by atoms with E-state index in [2.05, 4.69) is 22.6 Å².